The van der Waals surface area contributed by atoms with Gasteiger partial charge in [-0.2, -0.15) is 0 Å². The summed E-state index contributed by atoms with van der Waals surface area (Å²) < 4.78 is 0. The number of carbonyl (C=O) groups is 3. The Balaban J connectivity index is 1.86. The Labute approximate surface area is 128 Å². The maximum Gasteiger partial charge on any atom is 0.247 e. The van der Waals surface area contributed by atoms with E-state index in [1.54, 1.807) is 35.4 Å². The molecule has 0 aromatic rings. The minimum Gasteiger partial charge on any atom is -0.352 e. The third-order valence-electron chi connectivity index (χ3n) is 4.85. The first-order valence-corrected chi connectivity index (χ1v) is 8.32. The third kappa shape index (κ3) is 2.05. The monoisotopic (exact) mass is 311 g/mol. The summed E-state index contributed by atoms with van der Waals surface area (Å²) in [7, 11) is 0. The Morgan fingerprint density at radius 2 is 2.05 bits per heavy atom. The van der Waals surface area contributed by atoms with Crippen molar-refractivity contribution in [1.82, 2.24) is 15.1 Å². The second-order valence-corrected chi connectivity index (χ2v) is 8.07. The van der Waals surface area contributed by atoms with Gasteiger partial charge in [0.15, 0.2) is 0 Å². The molecule has 0 aromatic carbocycles. The van der Waals surface area contributed by atoms with Crippen LogP contribution in [0.25, 0.3) is 0 Å². The Morgan fingerprint density at radius 1 is 1.33 bits per heavy atom. The van der Waals surface area contributed by atoms with Crippen molar-refractivity contribution >= 4 is 29.5 Å². The van der Waals surface area contributed by atoms with Gasteiger partial charge in [-0.1, -0.05) is 0 Å². The van der Waals surface area contributed by atoms with E-state index in [1.807, 2.05) is 6.92 Å². The summed E-state index contributed by atoms with van der Waals surface area (Å²) in [5, 5.41) is 2.79. The van der Waals surface area contributed by atoms with Gasteiger partial charge in [-0.15, -0.1) is 11.8 Å². The summed E-state index contributed by atoms with van der Waals surface area (Å²) in [6.07, 6.45) is 1.31. The molecule has 0 aliphatic carbocycles. The zero-order valence-electron chi connectivity index (χ0n) is 12.6. The van der Waals surface area contributed by atoms with E-state index in [-0.39, 0.29) is 22.6 Å². The molecule has 3 aliphatic heterocycles. The van der Waals surface area contributed by atoms with Crippen molar-refractivity contribution in [3.05, 3.63) is 0 Å². The van der Waals surface area contributed by atoms with E-state index in [0.717, 1.165) is 6.42 Å². The first-order chi connectivity index (χ1) is 9.77. The summed E-state index contributed by atoms with van der Waals surface area (Å²) in [5.41, 5.74) is -0.859. The molecular weight excluding hydrogens is 290 g/mol. The Hall–Kier alpha value is -1.24. The SMILES string of the molecule is CC12CCC(=O)N1C(C(=O)N1CCNC(=O)C1(C)C)CS2. The van der Waals surface area contributed by atoms with Crippen LogP contribution in [0.15, 0.2) is 0 Å². The first kappa shape index (κ1) is 14.7. The topological polar surface area (TPSA) is 69.7 Å². The number of hydrogen-bond donors (Lipinski definition) is 1. The van der Waals surface area contributed by atoms with Crippen molar-refractivity contribution in [3.8, 4) is 0 Å². The van der Waals surface area contributed by atoms with Crippen LogP contribution >= 0.6 is 11.8 Å². The molecule has 2 atom stereocenters. The second-order valence-electron chi connectivity index (χ2n) is 6.57. The highest BCUT2D eigenvalue weighted by Gasteiger charge is 2.55. The molecule has 3 saturated heterocycles. The van der Waals surface area contributed by atoms with Crippen LogP contribution in [0.3, 0.4) is 0 Å². The van der Waals surface area contributed by atoms with E-state index >= 15 is 0 Å². The lowest BCUT2D eigenvalue weighted by molar-refractivity contribution is -0.154. The number of hydrogen-bond acceptors (Lipinski definition) is 4. The average Bonchev–Trinajstić information content (AvgIpc) is 2.90. The molecule has 2 unspecified atom stereocenters. The predicted molar refractivity (Wildman–Crippen MR) is 79.5 cm³/mol. The van der Waals surface area contributed by atoms with E-state index in [1.165, 1.54) is 0 Å². The van der Waals surface area contributed by atoms with Gasteiger partial charge in [-0.3, -0.25) is 14.4 Å². The second kappa shape index (κ2) is 4.63. The molecule has 0 spiro atoms. The van der Waals surface area contributed by atoms with Gasteiger partial charge in [0.1, 0.15) is 11.6 Å². The van der Waals surface area contributed by atoms with Crippen molar-refractivity contribution in [1.29, 1.82) is 0 Å². The lowest BCUT2D eigenvalue weighted by Gasteiger charge is -2.43. The number of rotatable bonds is 1. The van der Waals surface area contributed by atoms with Gasteiger partial charge >= 0.3 is 0 Å². The number of nitrogens with zero attached hydrogens (tertiary/aromatic N) is 2. The van der Waals surface area contributed by atoms with Crippen LogP contribution < -0.4 is 5.32 Å². The number of amides is 3. The van der Waals surface area contributed by atoms with Crippen LogP contribution in [0.2, 0.25) is 0 Å². The molecule has 116 valence electrons. The van der Waals surface area contributed by atoms with Crippen LogP contribution in [0.1, 0.15) is 33.6 Å². The Morgan fingerprint density at radius 3 is 2.76 bits per heavy atom. The standard InChI is InChI=1S/C14H21N3O3S/c1-13(2)12(20)15-6-7-16(13)11(19)9-8-21-14(3)5-4-10(18)17(9)14/h9H,4-8H2,1-3H3,(H,15,20). The molecule has 0 aromatic heterocycles. The molecule has 0 radical (unpaired) electrons. The van der Waals surface area contributed by atoms with Gasteiger partial charge in [-0.05, 0) is 27.2 Å². The van der Waals surface area contributed by atoms with Gasteiger partial charge in [-0.25, -0.2) is 0 Å². The highest BCUT2D eigenvalue weighted by atomic mass is 32.2. The summed E-state index contributed by atoms with van der Waals surface area (Å²) in [4.78, 5) is 40.2. The minimum atomic E-state index is -0.859. The number of piperazine rings is 1. The average molecular weight is 311 g/mol. The van der Waals surface area contributed by atoms with Gasteiger partial charge < -0.3 is 15.1 Å². The molecule has 1 N–H and O–H groups in total. The molecule has 3 rings (SSSR count). The first-order valence-electron chi connectivity index (χ1n) is 7.33. The van der Waals surface area contributed by atoms with Crippen LogP contribution in [0, 0.1) is 0 Å². The fourth-order valence-electron chi connectivity index (χ4n) is 3.47. The fourth-order valence-corrected chi connectivity index (χ4v) is 4.89. The highest BCUT2D eigenvalue weighted by Crippen LogP contribution is 2.47. The minimum absolute atomic E-state index is 0.0557. The summed E-state index contributed by atoms with van der Waals surface area (Å²) >= 11 is 1.68. The zero-order valence-corrected chi connectivity index (χ0v) is 13.5. The summed E-state index contributed by atoms with van der Waals surface area (Å²) in [6, 6.07) is -0.430. The lowest BCUT2D eigenvalue weighted by atomic mass is 9.97. The van der Waals surface area contributed by atoms with Crippen LogP contribution in [0.5, 0.6) is 0 Å². The van der Waals surface area contributed by atoms with Crippen LogP contribution in [-0.2, 0) is 14.4 Å². The van der Waals surface area contributed by atoms with Crippen molar-refractivity contribution in [3.63, 3.8) is 0 Å². The maximum atomic E-state index is 12.9. The zero-order chi connectivity index (χ0) is 15.4. The summed E-state index contributed by atoms with van der Waals surface area (Å²) in [6.45, 7) is 6.51. The molecular formula is C14H21N3O3S. The largest absolute Gasteiger partial charge is 0.352 e. The van der Waals surface area contributed by atoms with Gasteiger partial charge in [0, 0.05) is 25.3 Å². The molecule has 3 aliphatic rings. The molecule has 7 heteroatoms. The molecule has 3 amide bonds. The van der Waals surface area contributed by atoms with Gasteiger partial charge in [0.2, 0.25) is 17.7 Å². The fraction of sp³-hybridized carbons (Fsp3) is 0.786. The summed E-state index contributed by atoms with van der Waals surface area (Å²) in [5.74, 6) is 0.444. The molecule has 3 heterocycles. The Kier molecular flexibility index (Phi) is 3.24. The molecule has 3 fully saturated rings. The van der Waals surface area contributed by atoms with Crippen molar-refractivity contribution in [2.75, 3.05) is 18.8 Å². The molecule has 0 saturated carbocycles. The Bertz CT molecular complexity index is 522. The molecule has 6 nitrogen and oxygen atoms in total. The van der Waals surface area contributed by atoms with Crippen molar-refractivity contribution < 1.29 is 14.4 Å². The normalized spacial score (nSPS) is 34.9. The van der Waals surface area contributed by atoms with E-state index in [9.17, 15) is 14.4 Å². The quantitative estimate of drug-likeness (QED) is 0.750. The smallest absolute Gasteiger partial charge is 0.247 e. The highest BCUT2D eigenvalue weighted by molar-refractivity contribution is 8.01. The number of carbonyl (C=O) groups excluding carboxylic acids is 3. The third-order valence-corrected chi connectivity index (χ3v) is 6.35. The number of nitrogens with one attached hydrogen (secondary N) is 1. The van der Waals surface area contributed by atoms with E-state index in [4.69, 9.17) is 0 Å². The van der Waals surface area contributed by atoms with Gasteiger partial charge in [0.05, 0.1) is 4.87 Å². The lowest BCUT2D eigenvalue weighted by Crippen LogP contribution is -2.66. The maximum absolute atomic E-state index is 12.9. The van der Waals surface area contributed by atoms with Crippen LogP contribution in [-0.4, -0.2) is 62.8 Å². The molecule has 0 bridgehead atoms. The van der Waals surface area contributed by atoms with Crippen molar-refractivity contribution in [2.45, 2.75) is 50.1 Å². The van der Waals surface area contributed by atoms with Crippen LogP contribution in [0.4, 0.5) is 0 Å². The van der Waals surface area contributed by atoms with E-state index in [0.29, 0.717) is 25.3 Å². The number of fused-ring (bicyclic) bond motifs is 1. The molecule has 21 heavy (non-hydrogen) atoms. The number of thioether (sulfide) groups is 1. The van der Waals surface area contributed by atoms with Gasteiger partial charge in [0.25, 0.3) is 0 Å². The predicted octanol–water partition coefficient (Wildman–Crippen LogP) is 0.177. The van der Waals surface area contributed by atoms with E-state index < -0.39 is 11.6 Å². The van der Waals surface area contributed by atoms with E-state index in [2.05, 4.69) is 5.32 Å². The van der Waals surface area contributed by atoms with Crippen molar-refractivity contribution in [2.24, 2.45) is 0 Å².